The predicted octanol–water partition coefficient (Wildman–Crippen LogP) is 2.89. The monoisotopic (exact) mass is 237 g/mol. The van der Waals surface area contributed by atoms with Crippen LogP contribution in [0.1, 0.15) is 12.5 Å². The molecule has 0 radical (unpaired) electrons. The van der Waals surface area contributed by atoms with E-state index in [9.17, 15) is 4.39 Å². The highest BCUT2D eigenvalue weighted by atomic mass is 35.5. The van der Waals surface area contributed by atoms with Crippen molar-refractivity contribution in [2.45, 2.75) is 13.3 Å². The number of halogens is 2. The Morgan fingerprint density at radius 1 is 1.31 bits per heavy atom. The quantitative estimate of drug-likeness (QED) is 0.754. The van der Waals surface area contributed by atoms with Gasteiger partial charge in [-0.05, 0) is 12.5 Å². The van der Waals surface area contributed by atoms with Crippen LogP contribution in [0, 0.1) is 5.82 Å². The first kappa shape index (κ1) is 11.0. The Balaban J connectivity index is 2.60. The predicted molar refractivity (Wildman–Crippen MR) is 59.6 cm³/mol. The summed E-state index contributed by atoms with van der Waals surface area (Å²) in [5, 5.41) is 0.400. The second-order valence-corrected chi connectivity index (χ2v) is 3.60. The maximum atomic E-state index is 13.1. The summed E-state index contributed by atoms with van der Waals surface area (Å²) in [4.78, 5) is 11.8. The minimum absolute atomic E-state index is 0.394. The van der Waals surface area contributed by atoms with Gasteiger partial charge in [0.25, 0.3) is 0 Å². The first-order valence-corrected chi connectivity index (χ1v) is 5.20. The summed E-state index contributed by atoms with van der Waals surface area (Å²) in [6.07, 6.45) is 4.76. The van der Waals surface area contributed by atoms with E-state index in [2.05, 4.69) is 15.0 Å². The molecule has 0 atom stereocenters. The van der Waals surface area contributed by atoms with Crippen molar-refractivity contribution in [1.82, 2.24) is 15.0 Å². The molecule has 0 aromatic carbocycles. The van der Waals surface area contributed by atoms with E-state index < -0.39 is 5.82 Å². The molecule has 2 aromatic rings. The third kappa shape index (κ3) is 2.02. The maximum absolute atomic E-state index is 13.1. The molecule has 82 valence electrons. The first-order chi connectivity index (χ1) is 7.72. The van der Waals surface area contributed by atoms with Crippen LogP contribution in [0.2, 0.25) is 5.15 Å². The standard InChI is InChI=1S/C11H9ClFN3/c1-2-9-10(15-6-16-11(9)12)7-3-8(13)5-14-4-7/h3-6H,2H2,1H3. The number of rotatable bonds is 2. The van der Waals surface area contributed by atoms with E-state index in [4.69, 9.17) is 11.6 Å². The van der Waals surface area contributed by atoms with Crippen LogP contribution in [-0.2, 0) is 6.42 Å². The normalized spacial score (nSPS) is 10.4. The van der Waals surface area contributed by atoms with Gasteiger partial charge in [0.1, 0.15) is 17.3 Å². The van der Waals surface area contributed by atoms with Crippen molar-refractivity contribution in [1.29, 1.82) is 0 Å². The fourth-order valence-electron chi connectivity index (χ4n) is 1.49. The number of hydrogen-bond acceptors (Lipinski definition) is 3. The molecule has 0 aliphatic rings. The summed E-state index contributed by atoms with van der Waals surface area (Å²) in [5.41, 5.74) is 2.05. The average Bonchev–Trinajstić information content (AvgIpc) is 2.28. The van der Waals surface area contributed by atoms with E-state index in [1.807, 2.05) is 6.92 Å². The Morgan fingerprint density at radius 3 is 2.81 bits per heavy atom. The van der Waals surface area contributed by atoms with Gasteiger partial charge in [0.2, 0.25) is 0 Å². The number of nitrogens with zero attached hydrogens (tertiary/aromatic N) is 3. The van der Waals surface area contributed by atoms with Gasteiger partial charge in [0.05, 0.1) is 11.9 Å². The van der Waals surface area contributed by atoms with Gasteiger partial charge in [-0.25, -0.2) is 14.4 Å². The largest absolute Gasteiger partial charge is 0.261 e. The molecule has 0 amide bonds. The van der Waals surface area contributed by atoms with Crippen molar-refractivity contribution < 1.29 is 4.39 Å². The smallest absolute Gasteiger partial charge is 0.142 e. The van der Waals surface area contributed by atoms with Crippen LogP contribution in [0.3, 0.4) is 0 Å². The summed E-state index contributed by atoms with van der Waals surface area (Å²) in [5.74, 6) is -0.394. The lowest BCUT2D eigenvalue weighted by Gasteiger charge is -2.07. The first-order valence-electron chi connectivity index (χ1n) is 4.82. The topological polar surface area (TPSA) is 38.7 Å². The lowest BCUT2D eigenvalue weighted by Crippen LogP contribution is -1.96. The second-order valence-electron chi connectivity index (χ2n) is 3.24. The van der Waals surface area contributed by atoms with Gasteiger partial charge in [-0.1, -0.05) is 18.5 Å². The fourth-order valence-corrected chi connectivity index (χ4v) is 1.76. The lowest BCUT2D eigenvalue weighted by molar-refractivity contribution is 0.622. The van der Waals surface area contributed by atoms with Crippen molar-refractivity contribution in [3.05, 3.63) is 41.3 Å². The molecule has 3 nitrogen and oxygen atoms in total. The molecule has 0 unspecified atom stereocenters. The molecular formula is C11H9ClFN3. The summed E-state index contributed by atoms with van der Waals surface area (Å²) in [7, 11) is 0. The molecule has 0 N–H and O–H groups in total. The third-order valence-electron chi connectivity index (χ3n) is 2.22. The average molecular weight is 238 g/mol. The van der Waals surface area contributed by atoms with Gasteiger partial charge in [-0.2, -0.15) is 0 Å². The van der Waals surface area contributed by atoms with Crippen molar-refractivity contribution in [3.63, 3.8) is 0 Å². The maximum Gasteiger partial charge on any atom is 0.142 e. The van der Waals surface area contributed by atoms with E-state index in [-0.39, 0.29) is 0 Å². The van der Waals surface area contributed by atoms with Crippen LogP contribution in [0.5, 0.6) is 0 Å². The molecule has 0 aliphatic carbocycles. The SMILES string of the molecule is CCc1c(Cl)ncnc1-c1cncc(F)c1. The fraction of sp³-hybridized carbons (Fsp3) is 0.182. The third-order valence-corrected chi connectivity index (χ3v) is 2.55. The van der Waals surface area contributed by atoms with Gasteiger partial charge >= 0.3 is 0 Å². The highest BCUT2D eigenvalue weighted by molar-refractivity contribution is 6.30. The van der Waals surface area contributed by atoms with Crippen LogP contribution >= 0.6 is 11.6 Å². The molecule has 0 aliphatic heterocycles. The molecule has 2 heterocycles. The highest BCUT2D eigenvalue weighted by Crippen LogP contribution is 2.25. The number of pyridine rings is 1. The van der Waals surface area contributed by atoms with Crippen molar-refractivity contribution >= 4 is 11.6 Å². The molecule has 0 saturated carbocycles. The van der Waals surface area contributed by atoms with Crippen LogP contribution in [0.4, 0.5) is 4.39 Å². The van der Waals surface area contributed by atoms with Crippen molar-refractivity contribution in [2.75, 3.05) is 0 Å². The van der Waals surface area contributed by atoms with E-state index >= 15 is 0 Å². The molecule has 0 saturated heterocycles. The summed E-state index contributed by atoms with van der Waals surface area (Å²) in [6, 6.07) is 1.38. The van der Waals surface area contributed by atoms with Crippen LogP contribution in [0.15, 0.2) is 24.8 Å². The molecule has 5 heteroatoms. The van der Waals surface area contributed by atoms with Gasteiger partial charge < -0.3 is 0 Å². The van der Waals surface area contributed by atoms with E-state index in [1.54, 1.807) is 6.20 Å². The van der Waals surface area contributed by atoms with Gasteiger partial charge in [-0.3, -0.25) is 4.98 Å². The zero-order valence-corrected chi connectivity index (χ0v) is 9.37. The summed E-state index contributed by atoms with van der Waals surface area (Å²) in [6.45, 7) is 1.95. The minimum atomic E-state index is -0.394. The van der Waals surface area contributed by atoms with Crippen molar-refractivity contribution in [2.24, 2.45) is 0 Å². The van der Waals surface area contributed by atoms with Crippen LogP contribution < -0.4 is 0 Å². The highest BCUT2D eigenvalue weighted by Gasteiger charge is 2.10. The zero-order valence-electron chi connectivity index (χ0n) is 8.61. The molecule has 0 bridgehead atoms. The van der Waals surface area contributed by atoms with Crippen molar-refractivity contribution in [3.8, 4) is 11.3 Å². The summed E-state index contributed by atoms with van der Waals surface area (Å²) >= 11 is 5.95. The summed E-state index contributed by atoms with van der Waals surface area (Å²) < 4.78 is 13.1. The Bertz CT molecular complexity index is 516. The molecule has 16 heavy (non-hydrogen) atoms. The van der Waals surface area contributed by atoms with Gasteiger partial charge in [-0.15, -0.1) is 0 Å². The van der Waals surface area contributed by atoms with E-state index in [1.165, 1.54) is 12.4 Å². The number of hydrogen-bond donors (Lipinski definition) is 0. The Hall–Kier alpha value is -1.55. The van der Waals surface area contributed by atoms with Gasteiger partial charge in [0.15, 0.2) is 0 Å². The Kier molecular flexibility index (Phi) is 3.10. The van der Waals surface area contributed by atoms with E-state index in [0.717, 1.165) is 11.8 Å². The zero-order chi connectivity index (χ0) is 11.5. The van der Waals surface area contributed by atoms with Crippen LogP contribution in [0.25, 0.3) is 11.3 Å². The molecule has 0 fully saturated rings. The van der Waals surface area contributed by atoms with E-state index in [0.29, 0.717) is 22.8 Å². The number of aromatic nitrogens is 3. The molecule has 0 spiro atoms. The second kappa shape index (κ2) is 4.53. The lowest BCUT2D eigenvalue weighted by atomic mass is 10.1. The Labute approximate surface area is 97.3 Å². The molecular weight excluding hydrogens is 229 g/mol. The van der Waals surface area contributed by atoms with Gasteiger partial charge in [0, 0.05) is 17.3 Å². The minimum Gasteiger partial charge on any atom is -0.261 e. The molecule has 2 aromatic heterocycles. The Morgan fingerprint density at radius 2 is 2.12 bits per heavy atom. The van der Waals surface area contributed by atoms with Crippen LogP contribution in [-0.4, -0.2) is 15.0 Å². The molecule has 2 rings (SSSR count).